The van der Waals surface area contributed by atoms with E-state index in [1.807, 2.05) is 18.2 Å². The molecule has 2 aromatic carbocycles. The van der Waals surface area contributed by atoms with Crippen LogP contribution in [0.5, 0.6) is 11.5 Å². The van der Waals surface area contributed by atoms with Gasteiger partial charge in [-0.3, -0.25) is 9.79 Å². The number of guanidine groups is 1. The Hall–Kier alpha value is -2.56. The first-order valence-electron chi connectivity index (χ1n) is 9.52. The highest BCUT2D eigenvalue weighted by Gasteiger charge is 2.11. The lowest BCUT2D eigenvalue weighted by Gasteiger charge is -2.14. The molecule has 0 unspecified atom stereocenters. The molecule has 3 rings (SSSR count). The molecule has 1 aliphatic heterocycles. The number of nitrogens with one attached hydrogen (secondary N) is 3. The molecule has 0 radical (unpaired) electrons. The quantitative estimate of drug-likeness (QED) is 0.233. The number of aliphatic imine (C=N–C) groups is 1. The average Bonchev–Trinajstić information content (AvgIpc) is 2.97. The number of amides is 1. The van der Waals surface area contributed by atoms with E-state index in [4.69, 9.17) is 9.47 Å². The fraction of sp³-hybridized carbons (Fsp3) is 0.333. The number of nitrogens with zero attached hydrogens (tertiary/aromatic N) is 1. The summed E-state index contributed by atoms with van der Waals surface area (Å²) in [6.07, 6.45) is 1.07. The minimum Gasteiger partial charge on any atom is -0.490 e. The third kappa shape index (κ3) is 7.36. The lowest BCUT2D eigenvalue weighted by molar-refractivity contribution is -0.120. The molecule has 3 N–H and O–H groups in total. The molecule has 1 amide bonds. The number of benzene rings is 2. The van der Waals surface area contributed by atoms with Crippen molar-refractivity contribution in [2.45, 2.75) is 12.8 Å². The molecule has 0 spiro atoms. The normalized spacial score (nSPS) is 12.9. The summed E-state index contributed by atoms with van der Waals surface area (Å²) in [5.41, 5.74) is 1.59. The van der Waals surface area contributed by atoms with Gasteiger partial charge >= 0.3 is 0 Å². The Bertz CT molecular complexity index is 862. The molecular weight excluding hydrogens is 502 g/mol. The highest BCUT2D eigenvalue weighted by Crippen LogP contribution is 2.32. The lowest BCUT2D eigenvalue weighted by atomic mass is 10.1. The van der Waals surface area contributed by atoms with Crippen molar-refractivity contribution in [3.8, 4) is 11.5 Å². The first-order valence-corrected chi connectivity index (χ1v) is 9.52. The first kappa shape index (κ1) is 23.7. The molecule has 30 heavy (non-hydrogen) atoms. The monoisotopic (exact) mass is 528 g/mol. The molecule has 1 heterocycles. The van der Waals surface area contributed by atoms with Gasteiger partial charge in [0.1, 0.15) is 5.82 Å². The predicted octanol–water partition coefficient (Wildman–Crippen LogP) is 2.95. The van der Waals surface area contributed by atoms with Crippen LogP contribution in [-0.2, 0) is 11.2 Å². The van der Waals surface area contributed by atoms with E-state index in [2.05, 4.69) is 20.9 Å². The number of fused-ring (bicyclic) bond motifs is 1. The van der Waals surface area contributed by atoms with Crippen molar-refractivity contribution < 1.29 is 18.7 Å². The Morgan fingerprint density at radius 1 is 1.03 bits per heavy atom. The van der Waals surface area contributed by atoms with Gasteiger partial charge in [-0.05, 0) is 29.8 Å². The minimum atomic E-state index is -0.314. The summed E-state index contributed by atoms with van der Waals surface area (Å²) >= 11 is 0. The number of carbonyl (C=O) groups excluding carboxylic acids is 1. The molecule has 2 aromatic rings. The van der Waals surface area contributed by atoms with E-state index in [0.717, 1.165) is 23.4 Å². The van der Waals surface area contributed by atoms with Crippen LogP contribution in [0.15, 0.2) is 47.5 Å². The SMILES string of the molecule is CN=C(NCCNC(=O)Cc1ccc(F)cc1)Nc1ccc2c(c1)OCCCO2.I. The second kappa shape index (κ2) is 12.2. The van der Waals surface area contributed by atoms with Crippen LogP contribution in [0.4, 0.5) is 10.1 Å². The first-order chi connectivity index (χ1) is 14.1. The van der Waals surface area contributed by atoms with Crippen LogP contribution < -0.4 is 25.4 Å². The summed E-state index contributed by atoms with van der Waals surface area (Å²) in [5.74, 6) is 1.58. The van der Waals surface area contributed by atoms with E-state index in [1.165, 1.54) is 12.1 Å². The third-order valence-electron chi connectivity index (χ3n) is 4.25. The zero-order valence-corrected chi connectivity index (χ0v) is 19.1. The maximum atomic E-state index is 12.9. The van der Waals surface area contributed by atoms with Crippen LogP contribution in [0.1, 0.15) is 12.0 Å². The van der Waals surface area contributed by atoms with Gasteiger partial charge in [0.25, 0.3) is 0 Å². The van der Waals surface area contributed by atoms with Gasteiger partial charge < -0.3 is 25.4 Å². The fourth-order valence-corrected chi connectivity index (χ4v) is 2.79. The highest BCUT2D eigenvalue weighted by atomic mass is 127. The Morgan fingerprint density at radius 2 is 1.73 bits per heavy atom. The van der Waals surface area contributed by atoms with Gasteiger partial charge in [0.15, 0.2) is 17.5 Å². The van der Waals surface area contributed by atoms with E-state index in [1.54, 1.807) is 19.2 Å². The van der Waals surface area contributed by atoms with Gasteiger partial charge in [-0.2, -0.15) is 0 Å². The van der Waals surface area contributed by atoms with Crippen LogP contribution in [0, 0.1) is 5.82 Å². The van der Waals surface area contributed by atoms with Crippen molar-refractivity contribution in [1.82, 2.24) is 10.6 Å². The Labute approximate surface area is 192 Å². The van der Waals surface area contributed by atoms with Crippen molar-refractivity contribution in [3.63, 3.8) is 0 Å². The number of anilines is 1. The fourth-order valence-electron chi connectivity index (χ4n) is 2.79. The van der Waals surface area contributed by atoms with Crippen LogP contribution in [0.2, 0.25) is 0 Å². The van der Waals surface area contributed by atoms with Crippen LogP contribution in [0.3, 0.4) is 0 Å². The maximum Gasteiger partial charge on any atom is 0.224 e. The van der Waals surface area contributed by atoms with Gasteiger partial charge in [0.2, 0.25) is 5.91 Å². The standard InChI is InChI=1S/C21H25FN4O3.HI/c1-23-21(26-17-7-8-18-19(14-17)29-12-2-11-28-18)25-10-9-24-20(27)13-15-3-5-16(22)6-4-15;/h3-8,14H,2,9-13H2,1H3,(H,24,27)(H2,23,25,26);1H. The zero-order chi connectivity index (χ0) is 20.5. The van der Waals surface area contributed by atoms with Gasteiger partial charge in [-0.1, -0.05) is 12.1 Å². The molecule has 162 valence electrons. The Kier molecular flexibility index (Phi) is 9.65. The number of hydrogen-bond donors (Lipinski definition) is 3. The molecule has 0 bridgehead atoms. The molecule has 0 saturated heterocycles. The van der Waals surface area contributed by atoms with E-state index >= 15 is 0 Å². The number of ether oxygens (including phenoxy) is 2. The summed E-state index contributed by atoms with van der Waals surface area (Å²) in [6, 6.07) is 11.5. The zero-order valence-electron chi connectivity index (χ0n) is 16.7. The van der Waals surface area contributed by atoms with Crippen LogP contribution in [0.25, 0.3) is 0 Å². The van der Waals surface area contributed by atoms with E-state index in [-0.39, 0.29) is 42.1 Å². The predicted molar refractivity (Wildman–Crippen MR) is 126 cm³/mol. The number of rotatable bonds is 6. The van der Waals surface area contributed by atoms with Gasteiger partial charge in [0, 0.05) is 38.3 Å². The Morgan fingerprint density at radius 3 is 2.47 bits per heavy atom. The Balaban J connectivity index is 0.00000320. The third-order valence-corrected chi connectivity index (χ3v) is 4.25. The molecule has 0 atom stereocenters. The highest BCUT2D eigenvalue weighted by molar-refractivity contribution is 14.0. The largest absolute Gasteiger partial charge is 0.490 e. The topological polar surface area (TPSA) is 84.0 Å². The molecule has 0 saturated carbocycles. The summed E-state index contributed by atoms with van der Waals surface area (Å²) in [6.45, 7) is 2.21. The molecule has 9 heteroatoms. The number of halogens is 2. The van der Waals surface area contributed by atoms with Gasteiger partial charge in [-0.25, -0.2) is 4.39 Å². The summed E-state index contributed by atoms with van der Waals surface area (Å²) in [4.78, 5) is 16.1. The summed E-state index contributed by atoms with van der Waals surface area (Å²) < 4.78 is 24.2. The van der Waals surface area contributed by atoms with Crippen molar-refractivity contribution in [3.05, 3.63) is 53.8 Å². The van der Waals surface area contributed by atoms with Gasteiger partial charge in [0.05, 0.1) is 19.6 Å². The summed E-state index contributed by atoms with van der Waals surface area (Å²) in [5, 5.41) is 9.15. The maximum absolute atomic E-state index is 12.9. The van der Waals surface area contributed by atoms with E-state index in [9.17, 15) is 9.18 Å². The van der Waals surface area contributed by atoms with Crippen LogP contribution >= 0.6 is 24.0 Å². The van der Waals surface area contributed by atoms with Gasteiger partial charge in [-0.15, -0.1) is 24.0 Å². The van der Waals surface area contributed by atoms with E-state index in [0.29, 0.717) is 38.0 Å². The number of carbonyl (C=O) groups is 1. The smallest absolute Gasteiger partial charge is 0.224 e. The molecule has 0 aliphatic carbocycles. The molecule has 0 aromatic heterocycles. The molecule has 0 fully saturated rings. The van der Waals surface area contributed by atoms with Crippen LogP contribution in [-0.4, -0.2) is 45.2 Å². The average molecular weight is 528 g/mol. The second-order valence-corrected chi connectivity index (χ2v) is 6.49. The summed E-state index contributed by atoms with van der Waals surface area (Å²) in [7, 11) is 1.67. The number of hydrogen-bond acceptors (Lipinski definition) is 4. The lowest BCUT2D eigenvalue weighted by Crippen LogP contribution is -2.38. The molecular formula is C21H26FIN4O3. The van der Waals surface area contributed by atoms with Crippen molar-refractivity contribution in [2.24, 2.45) is 4.99 Å². The molecule has 1 aliphatic rings. The second-order valence-electron chi connectivity index (χ2n) is 6.49. The van der Waals surface area contributed by atoms with E-state index < -0.39 is 0 Å². The van der Waals surface area contributed by atoms with Crippen molar-refractivity contribution in [1.29, 1.82) is 0 Å². The van der Waals surface area contributed by atoms with Crippen molar-refractivity contribution >= 4 is 41.5 Å². The van der Waals surface area contributed by atoms with Crippen molar-refractivity contribution in [2.75, 3.05) is 38.7 Å². The minimum absolute atomic E-state index is 0. The molecule has 7 nitrogen and oxygen atoms in total.